The maximum atomic E-state index is 5.42. The fraction of sp³-hybridized carbons (Fsp3) is 0.167. The maximum absolute atomic E-state index is 5.42. The van der Waals surface area contributed by atoms with Gasteiger partial charge in [-0.2, -0.15) is 0 Å². The molecule has 0 aliphatic carbocycles. The minimum absolute atomic E-state index is 0.0948. The summed E-state index contributed by atoms with van der Waals surface area (Å²) in [6, 6.07) is 10.1. The number of hydrogen-bond acceptors (Lipinski definition) is 1. The Kier molecular flexibility index (Phi) is 3.83. The van der Waals surface area contributed by atoms with Crippen molar-refractivity contribution in [2.24, 2.45) is 0 Å². The Balaban J connectivity index is 2.53. The van der Waals surface area contributed by atoms with Crippen LogP contribution in [0, 0.1) is 0 Å². The Morgan fingerprint density at radius 1 is 1.31 bits per heavy atom. The van der Waals surface area contributed by atoms with E-state index in [0.717, 1.165) is 0 Å². The van der Waals surface area contributed by atoms with Crippen molar-refractivity contribution in [3.8, 4) is 0 Å². The first-order valence-electron chi connectivity index (χ1n) is 4.32. The van der Waals surface area contributed by atoms with Crippen LogP contribution in [0.2, 0.25) is 0 Å². The predicted molar refractivity (Wildman–Crippen MR) is 55.3 cm³/mol. The first-order valence-corrected chi connectivity index (χ1v) is 4.32. The Labute approximate surface area is 79.4 Å². The molecule has 0 radical (unpaired) electrons. The summed E-state index contributed by atoms with van der Waals surface area (Å²) < 4.78 is 5.42. The highest BCUT2D eigenvalue weighted by atomic mass is 16.5. The molecule has 1 atom stereocenters. The third-order valence-electron chi connectivity index (χ3n) is 1.77. The Morgan fingerprint density at radius 3 is 2.62 bits per heavy atom. The van der Waals surface area contributed by atoms with Crippen molar-refractivity contribution in [3.05, 3.63) is 60.9 Å². The van der Waals surface area contributed by atoms with Crippen LogP contribution >= 0.6 is 0 Å². The Hall–Kier alpha value is -1.50. The second-order valence-corrected chi connectivity index (χ2v) is 2.75. The van der Waals surface area contributed by atoms with Gasteiger partial charge in [-0.3, -0.25) is 0 Å². The van der Waals surface area contributed by atoms with E-state index >= 15 is 0 Å². The number of ether oxygens (including phenoxy) is 1. The number of rotatable bonds is 4. The molecule has 0 bridgehead atoms. The normalized spacial score (nSPS) is 12.7. The zero-order valence-electron chi connectivity index (χ0n) is 7.81. The molecule has 0 fully saturated rings. The Bertz CT molecular complexity index is 274. The van der Waals surface area contributed by atoms with E-state index in [1.54, 1.807) is 18.4 Å². The fourth-order valence-electron chi connectivity index (χ4n) is 1.02. The van der Waals surface area contributed by atoms with Crippen LogP contribution in [0.15, 0.2) is 55.3 Å². The molecule has 1 aromatic carbocycles. The molecule has 0 saturated carbocycles. The summed E-state index contributed by atoms with van der Waals surface area (Å²) in [6.07, 6.45) is 5.22. The van der Waals surface area contributed by atoms with Crippen LogP contribution < -0.4 is 0 Å². The number of hydrogen-bond donors (Lipinski definition) is 0. The van der Waals surface area contributed by atoms with Crippen LogP contribution in [0.5, 0.6) is 0 Å². The highest BCUT2D eigenvalue weighted by Crippen LogP contribution is 2.15. The van der Waals surface area contributed by atoms with Crippen molar-refractivity contribution in [3.63, 3.8) is 0 Å². The van der Waals surface area contributed by atoms with Gasteiger partial charge >= 0.3 is 0 Å². The standard InChI is InChI=1S/C12H14O/c1-3-4-10-13-11(2)12-8-6-5-7-9-12/h3-11H,1H2,2H3/b10-4+/t11-/m1/s1. The molecule has 1 heteroatoms. The number of benzene rings is 1. The largest absolute Gasteiger partial charge is 0.494 e. The Morgan fingerprint density at radius 2 is 2.00 bits per heavy atom. The summed E-state index contributed by atoms with van der Waals surface area (Å²) >= 11 is 0. The predicted octanol–water partition coefficient (Wildman–Crippen LogP) is 3.46. The summed E-state index contributed by atoms with van der Waals surface area (Å²) in [5.74, 6) is 0. The maximum Gasteiger partial charge on any atom is 0.120 e. The highest BCUT2D eigenvalue weighted by Gasteiger charge is 2.01. The summed E-state index contributed by atoms with van der Waals surface area (Å²) in [4.78, 5) is 0. The summed E-state index contributed by atoms with van der Waals surface area (Å²) in [6.45, 7) is 5.58. The van der Waals surface area contributed by atoms with Crippen LogP contribution in [0.25, 0.3) is 0 Å². The van der Waals surface area contributed by atoms with Crippen LogP contribution in [-0.4, -0.2) is 0 Å². The van der Waals surface area contributed by atoms with E-state index < -0.39 is 0 Å². The molecule has 0 N–H and O–H groups in total. The van der Waals surface area contributed by atoms with Crippen LogP contribution in [0.4, 0.5) is 0 Å². The van der Waals surface area contributed by atoms with E-state index in [1.807, 2.05) is 37.3 Å². The summed E-state index contributed by atoms with van der Waals surface area (Å²) in [5.41, 5.74) is 1.18. The molecule has 0 aromatic heterocycles. The van der Waals surface area contributed by atoms with Crippen molar-refractivity contribution < 1.29 is 4.74 Å². The second kappa shape index (κ2) is 5.20. The van der Waals surface area contributed by atoms with Gasteiger partial charge in [0, 0.05) is 0 Å². The van der Waals surface area contributed by atoms with E-state index in [9.17, 15) is 0 Å². The quantitative estimate of drug-likeness (QED) is 0.501. The molecule has 0 aliphatic heterocycles. The molecule has 68 valence electrons. The average molecular weight is 174 g/mol. The van der Waals surface area contributed by atoms with Gasteiger partial charge in [0.15, 0.2) is 0 Å². The van der Waals surface area contributed by atoms with E-state index in [4.69, 9.17) is 4.74 Å². The van der Waals surface area contributed by atoms with Gasteiger partial charge in [-0.05, 0) is 18.6 Å². The molecule has 1 rings (SSSR count). The molecular weight excluding hydrogens is 160 g/mol. The van der Waals surface area contributed by atoms with Crippen LogP contribution in [0.1, 0.15) is 18.6 Å². The molecule has 0 aliphatic rings. The molecule has 0 heterocycles. The lowest BCUT2D eigenvalue weighted by Crippen LogP contribution is -1.93. The zero-order chi connectivity index (χ0) is 9.52. The van der Waals surface area contributed by atoms with Gasteiger partial charge in [0.2, 0.25) is 0 Å². The van der Waals surface area contributed by atoms with Crippen LogP contribution in [0.3, 0.4) is 0 Å². The lowest BCUT2D eigenvalue weighted by atomic mass is 10.1. The molecule has 1 nitrogen and oxygen atoms in total. The third kappa shape index (κ3) is 3.16. The molecule has 1 aromatic rings. The molecule has 0 saturated heterocycles. The van der Waals surface area contributed by atoms with E-state index in [2.05, 4.69) is 6.58 Å². The van der Waals surface area contributed by atoms with Gasteiger partial charge in [-0.15, -0.1) is 0 Å². The van der Waals surface area contributed by atoms with Gasteiger partial charge in [-0.1, -0.05) is 43.0 Å². The minimum Gasteiger partial charge on any atom is -0.494 e. The van der Waals surface area contributed by atoms with Gasteiger partial charge in [0.05, 0.1) is 6.26 Å². The smallest absolute Gasteiger partial charge is 0.120 e. The lowest BCUT2D eigenvalue weighted by molar-refractivity contribution is 0.164. The first kappa shape index (κ1) is 9.59. The zero-order valence-corrected chi connectivity index (χ0v) is 7.81. The first-order chi connectivity index (χ1) is 6.34. The number of allylic oxidation sites excluding steroid dienone is 2. The third-order valence-corrected chi connectivity index (χ3v) is 1.77. The van der Waals surface area contributed by atoms with E-state index in [-0.39, 0.29) is 6.10 Å². The summed E-state index contributed by atoms with van der Waals surface area (Å²) in [5, 5.41) is 0. The lowest BCUT2D eigenvalue weighted by Gasteiger charge is -2.10. The molecule has 0 amide bonds. The summed E-state index contributed by atoms with van der Waals surface area (Å²) in [7, 11) is 0. The molecule has 0 unspecified atom stereocenters. The van der Waals surface area contributed by atoms with Crippen molar-refractivity contribution >= 4 is 0 Å². The highest BCUT2D eigenvalue weighted by molar-refractivity contribution is 5.17. The van der Waals surface area contributed by atoms with E-state index in [1.165, 1.54) is 5.56 Å². The van der Waals surface area contributed by atoms with Crippen LogP contribution in [-0.2, 0) is 4.74 Å². The van der Waals surface area contributed by atoms with Gasteiger partial charge in [0.1, 0.15) is 6.10 Å². The van der Waals surface area contributed by atoms with Gasteiger partial charge in [-0.25, -0.2) is 0 Å². The van der Waals surface area contributed by atoms with Crippen molar-refractivity contribution in [2.45, 2.75) is 13.0 Å². The van der Waals surface area contributed by atoms with Crippen molar-refractivity contribution in [2.75, 3.05) is 0 Å². The molecular formula is C12H14O. The molecule has 0 spiro atoms. The van der Waals surface area contributed by atoms with Crippen molar-refractivity contribution in [1.82, 2.24) is 0 Å². The SMILES string of the molecule is C=C/C=C/O[C@H](C)c1ccccc1. The molecule has 13 heavy (non-hydrogen) atoms. The monoisotopic (exact) mass is 174 g/mol. The topological polar surface area (TPSA) is 9.23 Å². The minimum atomic E-state index is 0.0948. The average Bonchev–Trinajstić information content (AvgIpc) is 2.19. The van der Waals surface area contributed by atoms with Crippen molar-refractivity contribution in [1.29, 1.82) is 0 Å². The second-order valence-electron chi connectivity index (χ2n) is 2.75. The van der Waals surface area contributed by atoms with Gasteiger partial charge < -0.3 is 4.74 Å². The fourth-order valence-corrected chi connectivity index (χ4v) is 1.02. The van der Waals surface area contributed by atoms with E-state index in [0.29, 0.717) is 0 Å². The van der Waals surface area contributed by atoms with Gasteiger partial charge in [0.25, 0.3) is 0 Å².